The summed E-state index contributed by atoms with van der Waals surface area (Å²) in [4.78, 5) is 10.6. The summed E-state index contributed by atoms with van der Waals surface area (Å²) in [7, 11) is 0. The number of hydrogen-bond donors (Lipinski definition) is 1. The number of nitrogens with zero attached hydrogens (tertiary/aromatic N) is 2. The maximum absolute atomic E-state index is 10.6. The summed E-state index contributed by atoms with van der Waals surface area (Å²) in [6, 6.07) is 1.89. The molecule has 0 saturated heterocycles. The molecule has 4 nitrogen and oxygen atoms in total. The van der Waals surface area contributed by atoms with Gasteiger partial charge in [-0.3, -0.25) is 9.48 Å². The minimum absolute atomic E-state index is 0.165. The van der Waals surface area contributed by atoms with Crippen molar-refractivity contribution in [2.75, 3.05) is 0 Å². The summed E-state index contributed by atoms with van der Waals surface area (Å²) in [6.45, 7) is 1.76. The molecule has 2 rings (SSSR count). The van der Waals surface area contributed by atoms with Crippen LogP contribution in [0.3, 0.4) is 0 Å². The van der Waals surface area contributed by atoms with Crippen LogP contribution in [0.4, 0.5) is 0 Å². The van der Waals surface area contributed by atoms with Gasteiger partial charge in [-0.25, -0.2) is 0 Å². The van der Waals surface area contributed by atoms with Gasteiger partial charge < -0.3 is 5.11 Å². The number of halogens is 2. The molecule has 0 saturated carbocycles. The maximum atomic E-state index is 10.6. The molecule has 0 aliphatic rings. The number of hydrogen-bond acceptors (Lipinski definition) is 2. The number of aryl methyl sites for hydroxylation is 1. The van der Waals surface area contributed by atoms with Crippen molar-refractivity contribution < 1.29 is 9.90 Å². The fourth-order valence-corrected chi connectivity index (χ4v) is 2.26. The molecule has 1 heterocycles. The van der Waals surface area contributed by atoms with Crippen LogP contribution >= 0.6 is 27.5 Å². The predicted octanol–water partition coefficient (Wildman–Crippen LogP) is 2.85. The number of carboxylic acid groups (broad SMARTS) is 1. The Kier molecular flexibility index (Phi) is 2.90. The number of carboxylic acids is 1. The van der Waals surface area contributed by atoms with Crippen LogP contribution in [0.15, 0.2) is 16.7 Å². The Labute approximate surface area is 105 Å². The molecule has 84 valence electrons. The van der Waals surface area contributed by atoms with E-state index in [1.54, 1.807) is 6.20 Å². The minimum Gasteiger partial charge on any atom is -0.480 e. The summed E-state index contributed by atoms with van der Waals surface area (Å²) in [5.74, 6) is -0.930. The first-order chi connectivity index (χ1) is 7.49. The number of aromatic nitrogens is 2. The van der Waals surface area contributed by atoms with Crippen LogP contribution in [0.25, 0.3) is 10.9 Å². The first-order valence-electron chi connectivity index (χ1n) is 4.52. The zero-order valence-corrected chi connectivity index (χ0v) is 10.7. The number of benzene rings is 1. The molecular formula is C10H8BrClN2O2. The van der Waals surface area contributed by atoms with Gasteiger partial charge in [0.25, 0.3) is 0 Å². The van der Waals surface area contributed by atoms with E-state index in [0.717, 1.165) is 15.4 Å². The second kappa shape index (κ2) is 4.07. The van der Waals surface area contributed by atoms with Crippen LogP contribution in [0.2, 0.25) is 5.02 Å². The third-order valence-corrected chi connectivity index (χ3v) is 3.48. The number of fused-ring (bicyclic) bond motifs is 1. The van der Waals surface area contributed by atoms with E-state index in [1.807, 2.05) is 13.0 Å². The smallest absolute Gasteiger partial charge is 0.325 e. The SMILES string of the molecule is Cc1cc(Br)c(Cl)c2nn(CC(=O)O)cc12. The lowest BCUT2D eigenvalue weighted by molar-refractivity contribution is -0.137. The van der Waals surface area contributed by atoms with Gasteiger partial charge in [0.05, 0.1) is 5.02 Å². The Hall–Kier alpha value is -1.07. The maximum Gasteiger partial charge on any atom is 0.325 e. The normalized spacial score (nSPS) is 10.9. The largest absolute Gasteiger partial charge is 0.480 e. The summed E-state index contributed by atoms with van der Waals surface area (Å²) < 4.78 is 2.14. The van der Waals surface area contributed by atoms with E-state index in [4.69, 9.17) is 16.7 Å². The standard InChI is InChI=1S/C10H8BrClN2O2/c1-5-2-7(11)9(12)10-6(5)3-14(13-10)4-8(15)16/h2-3H,4H2,1H3,(H,15,16). The van der Waals surface area contributed by atoms with Crippen LogP contribution in [0, 0.1) is 6.92 Å². The lowest BCUT2D eigenvalue weighted by atomic mass is 10.1. The molecule has 1 N–H and O–H groups in total. The van der Waals surface area contributed by atoms with E-state index >= 15 is 0 Å². The van der Waals surface area contributed by atoms with E-state index in [-0.39, 0.29) is 6.54 Å². The van der Waals surface area contributed by atoms with Crippen LogP contribution in [-0.2, 0) is 11.3 Å². The third kappa shape index (κ3) is 1.92. The third-order valence-electron chi connectivity index (χ3n) is 2.24. The Morgan fingerprint density at radius 1 is 1.69 bits per heavy atom. The summed E-state index contributed by atoms with van der Waals surface area (Å²) >= 11 is 9.41. The fourth-order valence-electron chi connectivity index (χ4n) is 1.54. The molecular weight excluding hydrogens is 295 g/mol. The van der Waals surface area contributed by atoms with Gasteiger partial charge in [-0.1, -0.05) is 11.6 Å². The fraction of sp³-hybridized carbons (Fsp3) is 0.200. The molecule has 0 aliphatic heterocycles. The average Bonchev–Trinajstić information content (AvgIpc) is 2.58. The summed E-state index contributed by atoms with van der Waals surface area (Å²) in [5.41, 5.74) is 1.62. The topological polar surface area (TPSA) is 55.1 Å². The van der Waals surface area contributed by atoms with E-state index in [1.165, 1.54) is 4.68 Å². The minimum atomic E-state index is -0.930. The van der Waals surface area contributed by atoms with Crippen molar-refractivity contribution in [3.8, 4) is 0 Å². The number of carbonyl (C=O) groups is 1. The molecule has 0 radical (unpaired) electrons. The van der Waals surface area contributed by atoms with Crippen molar-refractivity contribution in [2.24, 2.45) is 0 Å². The van der Waals surface area contributed by atoms with Gasteiger partial charge in [-0.2, -0.15) is 5.10 Å². The van der Waals surface area contributed by atoms with Gasteiger partial charge in [0, 0.05) is 16.1 Å². The van der Waals surface area contributed by atoms with Gasteiger partial charge in [0.1, 0.15) is 12.1 Å². The highest BCUT2D eigenvalue weighted by molar-refractivity contribution is 9.10. The number of aliphatic carboxylic acids is 1. The van der Waals surface area contributed by atoms with E-state index in [2.05, 4.69) is 21.0 Å². The highest BCUT2D eigenvalue weighted by Crippen LogP contribution is 2.32. The Balaban J connectivity index is 2.65. The van der Waals surface area contributed by atoms with Gasteiger partial charge in [0.2, 0.25) is 0 Å². The molecule has 0 unspecified atom stereocenters. The van der Waals surface area contributed by atoms with Crippen LogP contribution in [0.1, 0.15) is 5.56 Å². The van der Waals surface area contributed by atoms with Crippen LogP contribution in [-0.4, -0.2) is 20.9 Å². The summed E-state index contributed by atoms with van der Waals surface area (Å²) in [6.07, 6.45) is 1.69. The molecule has 0 atom stereocenters. The molecule has 16 heavy (non-hydrogen) atoms. The molecule has 0 spiro atoms. The molecule has 1 aromatic carbocycles. The van der Waals surface area contributed by atoms with Crippen molar-refractivity contribution in [1.29, 1.82) is 0 Å². The van der Waals surface area contributed by atoms with Gasteiger partial charge in [-0.05, 0) is 34.5 Å². The molecule has 2 aromatic rings. The lowest BCUT2D eigenvalue weighted by Gasteiger charge is -1.99. The van der Waals surface area contributed by atoms with Gasteiger partial charge in [0.15, 0.2) is 0 Å². The van der Waals surface area contributed by atoms with Crippen molar-refractivity contribution in [3.63, 3.8) is 0 Å². The Morgan fingerprint density at radius 2 is 2.38 bits per heavy atom. The van der Waals surface area contributed by atoms with E-state index in [9.17, 15) is 4.79 Å². The summed E-state index contributed by atoms with van der Waals surface area (Å²) in [5, 5.41) is 14.2. The van der Waals surface area contributed by atoms with Crippen molar-refractivity contribution in [1.82, 2.24) is 9.78 Å². The average molecular weight is 304 g/mol. The molecule has 6 heteroatoms. The molecule has 0 bridgehead atoms. The first kappa shape index (κ1) is 11.4. The predicted molar refractivity (Wildman–Crippen MR) is 64.8 cm³/mol. The molecule has 1 aromatic heterocycles. The highest BCUT2D eigenvalue weighted by atomic mass is 79.9. The molecule has 0 fully saturated rings. The second-order valence-corrected chi connectivity index (χ2v) is 4.70. The van der Waals surface area contributed by atoms with E-state index < -0.39 is 5.97 Å². The van der Waals surface area contributed by atoms with Crippen LogP contribution in [0.5, 0.6) is 0 Å². The van der Waals surface area contributed by atoms with Gasteiger partial charge >= 0.3 is 5.97 Å². The monoisotopic (exact) mass is 302 g/mol. The molecule has 0 amide bonds. The van der Waals surface area contributed by atoms with Gasteiger partial charge in [-0.15, -0.1) is 0 Å². The Bertz CT molecular complexity index is 580. The van der Waals surface area contributed by atoms with Crippen molar-refractivity contribution in [3.05, 3.63) is 27.3 Å². The van der Waals surface area contributed by atoms with Crippen molar-refractivity contribution in [2.45, 2.75) is 13.5 Å². The quantitative estimate of drug-likeness (QED) is 0.928. The zero-order chi connectivity index (χ0) is 11.9. The second-order valence-electron chi connectivity index (χ2n) is 3.47. The van der Waals surface area contributed by atoms with Crippen LogP contribution < -0.4 is 0 Å². The first-order valence-corrected chi connectivity index (χ1v) is 5.69. The Morgan fingerprint density at radius 3 is 3.00 bits per heavy atom. The lowest BCUT2D eigenvalue weighted by Crippen LogP contribution is -2.08. The highest BCUT2D eigenvalue weighted by Gasteiger charge is 2.12. The number of rotatable bonds is 2. The van der Waals surface area contributed by atoms with Crippen molar-refractivity contribution >= 4 is 44.4 Å². The molecule has 0 aliphatic carbocycles. The zero-order valence-electron chi connectivity index (χ0n) is 8.37. The van der Waals surface area contributed by atoms with E-state index in [0.29, 0.717) is 10.5 Å².